The van der Waals surface area contributed by atoms with Crippen molar-refractivity contribution in [1.29, 1.82) is 0 Å². The molecule has 0 saturated carbocycles. The maximum atomic E-state index is 13.1. The number of nitrogens with zero attached hydrogens (tertiary/aromatic N) is 3. The second kappa shape index (κ2) is 5.40. The van der Waals surface area contributed by atoms with Gasteiger partial charge in [0.25, 0.3) is 0 Å². The molecule has 0 saturated heterocycles. The van der Waals surface area contributed by atoms with Crippen LogP contribution in [-0.4, -0.2) is 14.8 Å². The summed E-state index contributed by atoms with van der Waals surface area (Å²) in [5.41, 5.74) is 0.627. The van der Waals surface area contributed by atoms with E-state index in [1.54, 1.807) is 29.6 Å². The van der Waals surface area contributed by atoms with E-state index in [4.69, 9.17) is 11.6 Å². The van der Waals surface area contributed by atoms with Crippen LogP contribution in [0.3, 0.4) is 0 Å². The van der Waals surface area contributed by atoms with E-state index >= 15 is 0 Å². The lowest BCUT2D eigenvalue weighted by Crippen LogP contribution is -2.14. The summed E-state index contributed by atoms with van der Waals surface area (Å²) in [4.78, 5) is 4.24. The van der Waals surface area contributed by atoms with Crippen LogP contribution in [0.25, 0.3) is 16.4 Å². The fourth-order valence-corrected chi connectivity index (χ4v) is 2.95. The molecule has 0 radical (unpaired) electrons. The van der Waals surface area contributed by atoms with E-state index in [-0.39, 0.29) is 10.7 Å². The fraction of sp³-hybridized carbons (Fsp3) is 0.143. The highest BCUT2D eigenvalue weighted by atomic mass is 35.5. The van der Waals surface area contributed by atoms with Crippen molar-refractivity contribution in [2.45, 2.75) is 13.1 Å². The Balaban J connectivity index is 2.03. The summed E-state index contributed by atoms with van der Waals surface area (Å²) < 4.78 is 40.1. The highest BCUT2D eigenvalue weighted by Crippen LogP contribution is 2.34. The predicted octanol–water partition coefficient (Wildman–Crippen LogP) is 4.98. The smallest absolute Gasteiger partial charge is 0.218 e. The van der Waals surface area contributed by atoms with Crippen LogP contribution < -0.4 is 0 Å². The van der Waals surface area contributed by atoms with Gasteiger partial charge in [-0.2, -0.15) is 18.3 Å². The number of rotatable bonds is 2. The van der Waals surface area contributed by atoms with Crippen LogP contribution in [0, 0.1) is 6.92 Å². The van der Waals surface area contributed by atoms with Crippen LogP contribution in [0.15, 0.2) is 35.8 Å². The first-order valence-electron chi connectivity index (χ1n) is 6.20. The number of benzene rings is 1. The second-order valence-corrected chi connectivity index (χ2v) is 5.88. The van der Waals surface area contributed by atoms with Crippen LogP contribution in [0.1, 0.15) is 11.3 Å². The first kappa shape index (κ1) is 15.1. The third-order valence-corrected chi connectivity index (χ3v) is 4.10. The van der Waals surface area contributed by atoms with Gasteiger partial charge in [-0.1, -0.05) is 23.7 Å². The molecule has 0 aliphatic rings. The molecule has 0 bridgehead atoms. The number of aromatic nitrogens is 3. The predicted molar refractivity (Wildman–Crippen MR) is 79.4 cm³/mol. The van der Waals surface area contributed by atoms with Crippen molar-refractivity contribution in [2.24, 2.45) is 0 Å². The molecule has 0 spiro atoms. The summed E-state index contributed by atoms with van der Waals surface area (Å²) in [5, 5.41) is 6.24. The van der Waals surface area contributed by atoms with Crippen molar-refractivity contribution in [1.82, 2.24) is 14.8 Å². The summed E-state index contributed by atoms with van der Waals surface area (Å²) in [5.74, 6) is 0. The molecule has 2 aromatic heterocycles. The van der Waals surface area contributed by atoms with Gasteiger partial charge in [-0.25, -0.2) is 9.67 Å². The summed E-state index contributed by atoms with van der Waals surface area (Å²) in [6.07, 6.45) is -3.29. The van der Waals surface area contributed by atoms with Gasteiger partial charge < -0.3 is 0 Å². The molecule has 0 N–H and O–H groups in total. The quantitative estimate of drug-likeness (QED) is 0.657. The van der Waals surface area contributed by atoms with Crippen molar-refractivity contribution in [2.75, 3.05) is 0 Å². The lowest BCUT2D eigenvalue weighted by atomic mass is 10.2. The normalized spacial score (nSPS) is 11.9. The molecule has 8 heteroatoms. The van der Waals surface area contributed by atoms with E-state index in [0.717, 1.165) is 21.6 Å². The highest BCUT2D eigenvalue weighted by Gasteiger charge is 2.38. The van der Waals surface area contributed by atoms with Gasteiger partial charge in [0.2, 0.25) is 5.13 Å². The topological polar surface area (TPSA) is 30.7 Å². The van der Waals surface area contributed by atoms with Crippen LogP contribution in [0.5, 0.6) is 0 Å². The minimum Gasteiger partial charge on any atom is -0.218 e. The van der Waals surface area contributed by atoms with Crippen LogP contribution in [0.4, 0.5) is 13.2 Å². The summed E-state index contributed by atoms with van der Waals surface area (Å²) >= 11 is 6.92. The molecule has 0 fully saturated rings. The van der Waals surface area contributed by atoms with Gasteiger partial charge in [0.05, 0.1) is 11.9 Å². The van der Waals surface area contributed by atoms with Crippen molar-refractivity contribution in [3.05, 3.63) is 52.1 Å². The maximum absolute atomic E-state index is 13.1. The monoisotopic (exact) mass is 343 g/mol. The third-order valence-electron chi connectivity index (χ3n) is 3.03. The molecular weight excluding hydrogens is 335 g/mol. The Labute approximate surface area is 133 Å². The third kappa shape index (κ3) is 2.74. The largest absolute Gasteiger partial charge is 0.433 e. The average molecular weight is 344 g/mol. The van der Waals surface area contributed by atoms with Gasteiger partial charge in [0.1, 0.15) is 0 Å². The maximum Gasteiger partial charge on any atom is 0.433 e. The Hall–Kier alpha value is -1.86. The Morgan fingerprint density at radius 3 is 2.50 bits per heavy atom. The molecule has 3 aromatic rings. The molecule has 0 amide bonds. The Morgan fingerprint density at radius 1 is 1.18 bits per heavy atom. The molecule has 0 unspecified atom stereocenters. The number of thiazole rings is 1. The Kier molecular flexibility index (Phi) is 3.70. The lowest BCUT2D eigenvalue weighted by molar-refractivity contribution is -0.143. The van der Waals surface area contributed by atoms with Crippen LogP contribution >= 0.6 is 22.9 Å². The minimum atomic E-state index is -4.48. The van der Waals surface area contributed by atoms with Crippen molar-refractivity contribution in [3.63, 3.8) is 0 Å². The molecular formula is C14H9ClF3N3S. The molecule has 2 heterocycles. The molecule has 0 atom stereocenters. The number of hydrogen-bond acceptors (Lipinski definition) is 3. The number of alkyl halides is 3. The zero-order chi connectivity index (χ0) is 15.9. The first-order valence-corrected chi connectivity index (χ1v) is 7.45. The van der Waals surface area contributed by atoms with E-state index in [1.165, 1.54) is 13.1 Å². The van der Waals surface area contributed by atoms with E-state index in [9.17, 15) is 13.2 Å². The van der Waals surface area contributed by atoms with E-state index < -0.39 is 11.9 Å². The first-order chi connectivity index (χ1) is 10.4. The zero-order valence-corrected chi connectivity index (χ0v) is 12.8. The molecule has 114 valence electrons. The zero-order valence-electron chi connectivity index (χ0n) is 11.2. The van der Waals surface area contributed by atoms with Crippen LogP contribution in [-0.2, 0) is 6.18 Å². The van der Waals surface area contributed by atoms with Gasteiger partial charge in [0, 0.05) is 21.5 Å². The number of aryl methyl sites for hydroxylation is 1. The van der Waals surface area contributed by atoms with E-state index in [2.05, 4.69) is 10.1 Å². The average Bonchev–Trinajstić information content (AvgIpc) is 3.05. The van der Waals surface area contributed by atoms with Crippen LogP contribution in [0.2, 0.25) is 5.02 Å². The van der Waals surface area contributed by atoms with Crippen molar-refractivity contribution in [3.8, 4) is 16.4 Å². The van der Waals surface area contributed by atoms with Gasteiger partial charge in [-0.05, 0) is 19.1 Å². The Bertz CT molecular complexity index is 806. The molecule has 3 rings (SSSR count). The van der Waals surface area contributed by atoms with Gasteiger partial charge in [-0.3, -0.25) is 0 Å². The van der Waals surface area contributed by atoms with Crippen molar-refractivity contribution >= 4 is 22.9 Å². The molecule has 0 aliphatic heterocycles. The van der Waals surface area contributed by atoms with E-state index in [0.29, 0.717) is 10.7 Å². The minimum absolute atomic E-state index is 0.0655. The fourth-order valence-electron chi connectivity index (χ4n) is 2.03. The lowest BCUT2D eigenvalue weighted by Gasteiger charge is -2.09. The second-order valence-electron chi connectivity index (χ2n) is 4.61. The summed E-state index contributed by atoms with van der Waals surface area (Å²) in [7, 11) is 0. The summed E-state index contributed by atoms with van der Waals surface area (Å²) in [6, 6.07) is 6.94. The van der Waals surface area contributed by atoms with Gasteiger partial charge in [0.15, 0.2) is 5.69 Å². The molecule has 1 aromatic carbocycles. The SMILES string of the molecule is Cc1cnn(-c2nc(-c3ccc(Cl)cc3)cs2)c1C(F)(F)F. The molecule has 22 heavy (non-hydrogen) atoms. The number of hydrogen-bond donors (Lipinski definition) is 0. The van der Waals surface area contributed by atoms with Gasteiger partial charge in [-0.15, -0.1) is 11.3 Å². The molecule has 3 nitrogen and oxygen atoms in total. The van der Waals surface area contributed by atoms with E-state index in [1.807, 2.05) is 0 Å². The Morgan fingerprint density at radius 2 is 1.86 bits per heavy atom. The van der Waals surface area contributed by atoms with Gasteiger partial charge >= 0.3 is 6.18 Å². The molecule has 0 aliphatic carbocycles. The summed E-state index contributed by atoms with van der Waals surface area (Å²) in [6.45, 7) is 1.38. The standard InChI is InChI=1S/C14H9ClF3N3S/c1-8-6-19-21(12(8)14(16,17)18)13-20-11(7-22-13)9-2-4-10(15)5-3-9/h2-7H,1H3. The highest BCUT2D eigenvalue weighted by molar-refractivity contribution is 7.12. The number of halogens is 4. The van der Waals surface area contributed by atoms with Crippen molar-refractivity contribution < 1.29 is 13.2 Å².